The summed E-state index contributed by atoms with van der Waals surface area (Å²) in [6.45, 7) is 6.62. The fraction of sp³-hybridized carbons (Fsp3) is 0.625. The Morgan fingerprint density at radius 2 is 2.25 bits per heavy atom. The van der Waals surface area contributed by atoms with Crippen molar-refractivity contribution in [1.82, 2.24) is 4.90 Å². The standard InChI is InChI=1S/C6H8N4.C2H6/c1-5-7-3-2-6-9-8-4-10(5)6;1-2/h2-3,6H,4H2,1H3;1-2H3. The van der Waals surface area contributed by atoms with E-state index in [1.165, 1.54) is 0 Å². The van der Waals surface area contributed by atoms with Gasteiger partial charge in [0.2, 0.25) is 0 Å². The first kappa shape index (κ1) is 8.90. The molecule has 0 saturated heterocycles. The molecular formula is C8H14N4. The maximum absolute atomic E-state index is 4.11. The maximum atomic E-state index is 4.11. The van der Waals surface area contributed by atoms with Crippen LogP contribution in [0.3, 0.4) is 0 Å². The van der Waals surface area contributed by atoms with Gasteiger partial charge in [0, 0.05) is 6.20 Å². The van der Waals surface area contributed by atoms with E-state index in [1.54, 1.807) is 6.20 Å². The highest BCUT2D eigenvalue weighted by molar-refractivity contribution is 5.81. The average Bonchev–Trinajstić information content (AvgIpc) is 2.57. The number of fused-ring (bicyclic) bond motifs is 1. The minimum atomic E-state index is 0.123. The minimum Gasteiger partial charge on any atom is -0.312 e. The highest BCUT2D eigenvalue weighted by atomic mass is 15.4. The SMILES string of the molecule is CC.CC1=NC=CC2N=NCN12. The van der Waals surface area contributed by atoms with Crippen molar-refractivity contribution in [3.05, 3.63) is 12.3 Å². The Morgan fingerprint density at radius 3 is 2.92 bits per heavy atom. The molecular weight excluding hydrogens is 152 g/mol. The van der Waals surface area contributed by atoms with Gasteiger partial charge < -0.3 is 4.90 Å². The zero-order valence-electron chi connectivity index (χ0n) is 7.73. The molecule has 4 heteroatoms. The van der Waals surface area contributed by atoms with Gasteiger partial charge in [-0.1, -0.05) is 13.8 Å². The van der Waals surface area contributed by atoms with E-state index in [0.29, 0.717) is 6.67 Å². The average molecular weight is 166 g/mol. The van der Waals surface area contributed by atoms with Crippen molar-refractivity contribution in [3.8, 4) is 0 Å². The predicted octanol–water partition coefficient (Wildman–Crippen LogP) is 2.01. The lowest BCUT2D eigenvalue weighted by Crippen LogP contribution is -2.34. The molecule has 0 aromatic rings. The second-order valence-corrected chi connectivity index (χ2v) is 2.30. The number of hydrogen-bond donors (Lipinski definition) is 0. The molecule has 0 aromatic carbocycles. The summed E-state index contributed by atoms with van der Waals surface area (Å²) in [7, 11) is 0. The molecule has 2 heterocycles. The van der Waals surface area contributed by atoms with Crippen LogP contribution in [-0.4, -0.2) is 23.6 Å². The van der Waals surface area contributed by atoms with Gasteiger partial charge in [-0.25, -0.2) is 4.99 Å². The molecule has 0 aliphatic carbocycles. The number of hydrogen-bond acceptors (Lipinski definition) is 4. The first-order valence-electron chi connectivity index (χ1n) is 4.22. The summed E-state index contributed by atoms with van der Waals surface area (Å²) in [5.74, 6) is 0.998. The van der Waals surface area contributed by atoms with Crippen molar-refractivity contribution < 1.29 is 0 Å². The van der Waals surface area contributed by atoms with Crippen LogP contribution in [0.15, 0.2) is 27.5 Å². The molecule has 0 spiro atoms. The molecule has 0 amide bonds. The van der Waals surface area contributed by atoms with Crippen LogP contribution in [0.1, 0.15) is 20.8 Å². The van der Waals surface area contributed by atoms with Crippen LogP contribution >= 0.6 is 0 Å². The monoisotopic (exact) mass is 166 g/mol. The van der Waals surface area contributed by atoms with Gasteiger partial charge in [0.05, 0.1) is 0 Å². The molecule has 2 aliphatic heterocycles. The quantitative estimate of drug-likeness (QED) is 0.542. The van der Waals surface area contributed by atoms with Gasteiger partial charge in [-0.3, -0.25) is 0 Å². The Kier molecular flexibility index (Phi) is 2.96. The van der Waals surface area contributed by atoms with Crippen LogP contribution in [0.4, 0.5) is 0 Å². The molecule has 1 atom stereocenters. The summed E-state index contributed by atoms with van der Waals surface area (Å²) in [5, 5.41) is 7.89. The zero-order valence-corrected chi connectivity index (χ0v) is 7.73. The van der Waals surface area contributed by atoms with Crippen molar-refractivity contribution >= 4 is 5.84 Å². The Morgan fingerprint density at radius 1 is 1.50 bits per heavy atom. The normalized spacial score (nSPS) is 24.4. The van der Waals surface area contributed by atoms with E-state index in [9.17, 15) is 0 Å². The highest BCUT2D eigenvalue weighted by Crippen LogP contribution is 2.15. The molecule has 2 aliphatic rings. The van der Waals surface area contributed by atoms with Crippen LogP contribution in [-0.2, 0) is 0 Å². The zero-order chi connectivity index (χ0) is 8.97. The van der Waals surface area contributed by atoms with Gasteiger partial charge in [0.15, 0.2) is 6.17 Å². The molecule has 0 radical (unpaired) electrons. The molecule has 0 aromatic heterocycles. The van der Waals surface area contributed by atoms with E-state index < -0.39 is 0 Å². The number of aliphatic imine (C=N–C) groups is 1. The van der Waals surface area contributed by atoms with Crippen LogP contribution < -0.4 is 0 Å². The first-order valence-corrected chi connectivity index (χ1v) is 4.22. The van der Waals surface area contributed by atoms with Crippen LogP contribution in [0, 0.1) is 0 Å². The summed E-state index contributed by atoms with van der Waals surface area (Å²) < 4.78 is 0. The summed E-state index contributed by atoms with van der Waals surface area (Å²) in [6.07, 6.45) is 3.84. The lowest BCUT2D eigenvalue weighted by atomic mass is 10.3. The topological polar surface area (TPSA) is 40.3 Å². The summed E-state index contributed by atoms with van der Waals surface area (Å²) in [4.78, 5) is 6.16. The first-order chi connectivity index (χ1) is 5.88. The molecule has 0 N–H and O–H groups in total. The van der Waals surface area contributed by atoms with Crippen molar-refractivity contribution in [2.75, 3.05) is 6.67 Å². The van der Waals surface area contributed by atoms with Crippen LogP contribution in [0.2, 0.25) is 0 Å². The molecule has 2 rings (SSSR count). The number of amidine groups is 1. The summed E-state index contributed by atoms with van der Waals surface area (Å²) in [6, 6.07) is 0. The Bertz CT molecular complexity index is 229. The van der Waals surface area contributed by atoms with Crippen molar-refractivity contribution in [2.24, 2.45) is 15.2 Å². The van der Waals surface area contributed by atoms with Gasteiger partial charge in [-0.2, -0.15) is 10.2 Å². The van der Waals surface area contributed by atoms with E-state index in [0.717, 1.165) is 5.84 Å². The van der Waals surface area contributed by atoms with Gasteiger partial charge >= 0.3 is 0 Å². The third-order valence-corrected chi connectivity index (χ3v) is 1.67. The molecule has 66 valence electrons. The lowest BCUT2D eigenvalue weighted by Gasteiger charge is -2.22. The summed E-state index contributed by atoms with van der Waals surface area (Å²) in [5.41, 5.74) is 0. The second kappa shape index (κ2) is 3.99. The molecule has 0 bridgehead atoms. The Balaban J connectivity index is 0.000000336. The number of azo groups is 1. The highest BCUT2D eigenvalue weighted by Gasteiger charge is 2.22. The van der Waals surface area contributed by atoms with Gasteiger partial charge in [0.25, 0.3) is 0 Å². The molecule has 0 saturated carbocycles. The molecule has 12 heavy (non-hydrogen) atoms. The van der Waals surface area contributed by atoms with Gasteiger partial charge in [-0.15, -0.1) is 0 Å². The number of nitrogens with zero attached hydrogens (tertiary/aromatic N) is 4. The number of rotatable bonds is 0. The Hall–Kier alpha value is -1.19. The van der Waals surface area contributed by atoms with E-state index in [1.807, 2.05) is 31.7 Å². The molecule has 0 fully saturated rings. The fourth-order valence-corrected chi connectivity index (χ4v) is 1.07. The third kappa shape index (κ3) is 1.52. The largest absolute Gasteiger partial charge is 0.312 e. The lowest BCUT2D eigenvalue weighted by molar-refractivity contribution is 0.424. The van der Waals surface area contributed by atoms with Crippen LogP contribution in [0.25, 0.3) is 0 Å². The summed E-state index contributed by atoms with van der Waals surface area (Å²) >= 11 is 0. The van der Waals surface area contributed by atoms with Crippen molar-refractivity contribution in [2.45, 2.75) is 26.9 Å². The van der Waals surface area contributed by atoms with Gasteiger partial charge in [0.1, 0.15) is 12.5 Å². The van der Waals surface area contributed by atoms with E-state index in [2.05, 4.69) is 15.2 Å². The van der Waals surface area contributed by atoms with Crippen molar-refractivity contribution in [3.63, 3.8) is 0 Å². The predicted molar refractivity (Wildman–Crippen MR) is 48.9 cm³/mol. The molecule has 4 nitrogen and oxygen atoms in total. The third-order valence-electron chi connectivity index (χ3n) is 1.67. The second-order valence-electron chi connectivity index (χ2n) is 2.30. The van der Waals surface area contributed by atoms with Gasteiger partial charge in [-0.05, 0) is 13.0 Å². The van der Waals surface area contributed by atoms with E-state index >= 15 is 0 Å². The minimum absolute atomic E-state index is 0.123. The van der Waals surface area contributed by atoms with E-state index in [-0.39, 0.29) is 6.17 Å². The van der Waals surface area contributed by atoms with Crippen molar-refractivity contribution in [1.29, 1.82) is 0 Å². The molecule has 1 unspecified atom stereocenters. The smallest absolute Gasteiger partial charge is 0.165 e. The van der Waals surface area contributed by atoms with E-state index in [4.69, 9.17) is 0 Å². The fourth-order valence-electron chi connectivity index (χ4n) is 1.07. The maximum Gasteiger partial charge on any atom is 0.165 e. The Labute approximate surface area is 72.7 Å². The van der Waals surface area contributed by atoms with Crippen LogP contribution in [0.5, 0.6) is 0 Å².